The number of hydrogen-bond acceptors (Lipinski definition) is 5. The molecule has 3 aromatic rings. The Morgan fingerprint density at radius 2 is 1.91 bits per heavy atom. The van der Waals surface area contributed by atoms with Gasteiger partial charge in [0.05, 0.1) is 17.9 Å². The minimum atomic E-state index is -0.871. The van der Waals surface area contributed by atoms with E-state index in [0.717, 1.165) is 24.2 Å². The minimum absolute atomic E-state index is 0.000304. The van der Waals surface area contributed by atoms with Gasteiger partial charge in [0.15, 0.2) is 0 Å². The van der Waals surface area contributed by atoms with E-state index in [1.807, 2.05) is 6.07 Å². The third kappa shape index (κ3) is 3.42. The minimum Gasteiger partial charge on any atom is -0.507 e. The number of aryl methyl sites for hydroxylation is 1. The molecule has 1 atom stereocenters. The maximum absolute atomic E-state index is 13.2. The molecule has 7 heteroatoms. The number of carbonyl (C=O) groups excluding carboxylic acids is 2. The van der Waals surface area contributed by atoms with E-state index in [1.165, 1.54) is 4.90 Å². The van der Waals surface area contributed by atoms with E-state index in [4.69, 9.17) is 16.3 Å². The normalized spacial score (nSPS) is 19.5. The van der Waals surface area contributed by atoms with Crippen LogP contribution in [0.1, 0.15) is 29.3 Å². The summed E-state index contributed by atoms with van der Waals surface area (Å²) >= 11 is 6.01. The summed E-state index contributed by atoms with van der Waals surface area (Å²) in [5.41, 5.74) is 2.39. The third-order valence-corrected chi connectivity index (χ3v) is 5.95. The first-order valence-electron chi connectivity index (χ1n) is 10.3. The van der Waals surface area contributed by atoms with Crippen molar-refractivity contribution in [2.45, 2.75) is 18.9 Å². The van der Waals surface area contributed by atoms with Gasteiger partial charge < -0.3 is 9.84 Å². The van der Waals surface area contributed by atoms with Crippen LogP contribution in [0.15, 0.2) is 72.4 Å². The van der Waals surface area contributed by atoms with E-state index in [2.05, 4.69) is 4.98 Å². The number of Topliss-reactive ketones (excluding diaryl/α,β-unsaturated/α-hetero) is 1. The lowest BCUT2D eigenvalue weighted by Gasteiger charge is -2.24. The number of hydrogen-bond donors (Lipinski definition) is 1. The highest BCUT2D eigenvalue weighted by Gasteiger charge is 2.47. The van der Waals surface area contributed by atoms with Crippen molar-refractivity contribution in [3.8, 4) is 5.75 Å². The summed E-state index contributed by atoms with van der Waals surface area (Å²) < 4.78 is 5.65. The number of aromatic nitrogens is 1. The largest absolute Gasteiger partial charge is 0.507 e. The molecule has 2 aliphatic heterocycles. The van der Waals surface area contributed by atoms with Gasteiger partial charge in [0.25, 0.3) is 11.7 Å². The molecule has 3 heterocycles. The molecule has 2 aliphatic rings. The van der Waals surface area contributed by atoms with Crippen LogP contribution >= 0.6 is 11.6 Å². The molecule has 32 heavy (non-hydrogen) atoms. The fraction of sp³-hybridized carbons (Fsp3) is 0.160. The summed E-state index contributed by atoms with van der Waals surface area (Å²) in [5, 5.41) is 11.8. The molecule has 1 unspecified atom stereocenters. The Labute approximate surface area is 189 Å². The van der Waals surface area contributed by atoms with Crippen molar-refractivity contribution in [2.75, 3.05) is 11.5 Å². The monoisotopic (exact) mass is 446 g/mol. The highest BCUT2D eigenvalue weighted by Crippen LogP contribution is 2.42. The first-order valence-corrected chi connectivity index (χ1v) is 10.7. The number of aliphatic hydroxyl groups is 1. The van der Waals surface area contributed by atoms with Crippen LogP contribution in [0.4, 0.5) is 5.69 Å². The number of pyridine rings is 1. The van der Waals surface area contributed by atoms with Crippen molar-refractivity contribution in [3.05, 3.63) is 94.3 Å². The zero-order chi connectivity index (χ0) is 22.2. The van der Waals surface area contributed by atoms with E-state index in [-0.39, 0.29) is 11.3 Å². The van der Waals surface area contributed by atoms with E-state index < -0.39 is 17.7 Å². The van der Waals surface area contributed by atoms with Crippen LogP contribution < -0.4 is 9.64 Å². The molecule has 0 spiro atoms. The predicted molar refractivity (Wildman–Crippen MR) is 121 cm³/mol. The molecular formula is C25H19ClN2O4. The standard InChI is InChI=1S/C25H19ClN2O4/c26-17-7-9-18(10-8-17)28-22(19-5-1-2-12-27-19)21(24(30)25(28)31)23(29)16-6-11-20-15(14-16)4-3-13-32-20/h1-2,5-12,14,22,29H,3-4,13H2/b23-21-. The molecule has 1 aromatic heterocycles. The third-order valence-electron chi connectivity index (χ3n) is 5.70. The number of benzene rings is 2. The van der Waals surface area contributed by atoms with Crippen LogP contribution in [0.25, 0.3) is 5.76 Å². The number of halogens is 1. The van der Waals surface area contributed by atoms with Gasteiger partial charge in [-0.3, -0.25) is 19.5 Å². The second-order valence-corrected chi connectivity index (χ2v) is 8.11. The quantitative estimate of drug-likeness (QED) is 0.359. The van der Waals surface area contributed by atoms with Crippen molar-refractivity contribution in [2.24, 2.45) is 0 Å². The second-order valence-electron chi connectivity index (χ2n) is 7.67. The van der Waals surface area contributed by atoms with E-state index in [9.17, 15) is 14.7 Å². The number of aliphatic hydroxyl groups excluding tert-OH is 1. The molecule has 0 bridgehead atoms. The van der Waals surface area contributed by atoms with Crippen molar-refractivity contribution in [1.29, 1.82) is 0 Å². The van der Waals surface area contributed by atoms with Gasteiger partial charge in [-0.2, -0.15) is 0 Å². The highest BCUT2D eigenvalue weighted by molar-refractivity contribution is 6.51. The average molecular weight is 447 g/mol. The van der Waals surface area contributed by atoms with Crippen LogP contribution in [0.2, 0.25) is 5.02 Å². The molecular weight excluding hydrogens is 428 g/mol. The number of carbonyl (C=O) groups is 2. The van der Waals surface area contributed by atoms with Crippen LogP contribution in [0.5, 0.6) is 5.75 Å². The Balaban J connectivity index is 1.68. The molecule has 1 N–H and O–H groups in total. The summed E-state index contributed by atoms with van der Waals surface area (Å²) in [7, 11) is 0. The van der Waals surface area contributed by atoms with Crippen LogP contribution in [0.3, 0.4) is 0 Å². The maximum Gasteiger partial charge on any atom is 0.300 e. The zero-order valence-electron chi connectivity index (χ0n) is 17.0. The summed E-state index contributed by atoms with van der Waals surface area (Å²) in [5.74, 6) is -0.951. The van der Waals surface area contributed by atoms with Crippen LogP contribution in [0, 0.1) is 0 Å². The van der Waals surface area contributed by atoms with Crippen molar-refractivity contribution in [3.63, 3.8) is 0 Å². The number of amides is 1. The van der Waals surface area contributed by atoms with Crippen molar-refractivity contribution in [1.82, 2.24) is 4.98 Å². The van der Waals surface area contributed by atoms with Crippen molar-refractivity contribution >= 4 is 34.7 Å². The fourth-order valence-electron chi connectivity index (χ4n) is 4.18. The number of rotatable bonds is 3. The summed E-state index contributed by atoms with van der Waals surface area (Å²) in [6, 6.07) is 16.3. The average Bonchev–Trinajstić information content (AvgIpc) is 3.10. The van der Waals surface area contributed by atoms with Gasteiger partial charge in [0, 0.05) is 22.5 Å². The summed E-state index contributed by atoms with van der Waals surface area (Å²) in [4.78, 5) is 32.0. The SMILES string of the molecule is O=C1C(=O)N(c2ccc(Cl)cc2)C(c2ccccn2)/C1=C(/O)c1ccc2c(c1)CCCO2. The Morgan fingerprint density at radius 1 is 1.09 bits per heavy atom. The Bertz CT molecular complexity index is 1240. The fourth-order valence-corrected chi connectivity index (χ4v) is 4.31. The van der Waals surface area contributed by atoms with Gasteiger partial charge in [0.1, 0.15) is 17.6 Å². The molecule has 1 fully saturated rings. The highest BCUT2D eigenvalue weighted by atomic mass is 35.5. The molecule has 2 aromatic carbocycles. The number of ketones is 1. The molecule has 0 saturated carbocycles. The Morgan fingerprint density at radius 3 is 2.66 bits per heavy atom. The van der Waals surface area contributed by atoms with Gasteiger partial charge in [0.2, 0.25) is 0 Å². The van der Waals surface area contributed by atoms with Crippen LogP contribution in [-0.4, -0.2) is 28.4 Å². The summed E-state index contributed by atoms with van der Waals surface area (Å²) in [6.45, 7) is 0.657. The number of ether oxygens (including phenoxy) is 1. The van der Waals surface area contributed by atoms with Crippen molar-refractivity contribution < 1.29 is 19.4 Å². The van der Waals surface area contributed by atoms with Gasteiger partial charge in [-0.1, -0.05) is 17.7 Å². The van der Waals surface area contributed by atoms with E-state index in [0.29, 0.717) is 28.6 Å². The van der Waals surface area contributed by atoms with Gasteiger partial charge >= 0.3 is 0 Å². The second kappa shape index (κ2) is 8.13. The van der Waals surface area contributed by atoms with Crippen LogP contribution in [-0.2, 0) is 16.0 Å². The first-order chi connectivity index (χ1) is 15.5. The lowest BCUT2D eigenvalue weighted by molar-refractivity contribution is -0.132. The zero-order valence-corrected chi connectivity index (χ0v) is 17.7. The Kier molecular flexibility index (Phi) is 5.15. The molecule has 6 nitrogen and oxygen atoms in total. The Hall–Kier alpha value is -3.64. The maximum atomic E-state index is 13.2. The summed E-state index contributed by atoms with van der Waals surface area (Å²) in [6.07, 6.45) is 3.29. The van der Waals surface area contributed by atoms with Gasteiger partial charge in [-0.05, 0) is 73.0 Å². The molecule has 1 saturated heterocycles. The van der Waals surface area contributed by atoms with Gasteiger partial charge in [-0.25, -0.2) is 0 Å². The number of anilines is 1. The number of fused-ring (bicyclic) bond motifs is 1. The lowest BCUT2D eigenvalue weighted by Crippen LogP contribution is -2.29. The van der Waals surface area contributed by atoms with E-state index in [1.54, 1.807) is 60.8 Å². The molecule has 1 amide bonds. The predicted octanol–water partition coefficient (Wildman–Crippen LogP) is 4.69. The molecule has 0 radical (unpaired) electrons. The lowest BCUT2D eigenvalue weighted by atomic mass is 9.96. The molecule has 0 aliphatic carbocycles. The topological polar surface area (TPSA) is 79.7 Å². The molecule has 5 rings (SSSR count). The molecule has 160 valence electrons. The van der Waals surface area contributed by atoms with Gasteiger partial charge in [-0.15, -0.1) is 0 Å². The smallest absolute Gasteiger partial charge is 0.300 e. The number of nitrogens with zero attached hydrogens (tertiary/aromatic N) is 2. The van der Waals surface area contributed by atoms with E-state index >= 15 is 0 Å². The first kappa shape index (κ1) is 20.3.